The largest absolute Gasteiger partial charge is 0.346 e. The zero-order valence-corrected chi connectivity index (χ0v) is 21.1. The molecule has 1 heterocycles. The summed E-state index contributed by atoms with van der Waals surface area (Å²) in [6.45, 7) is 9.17. The van der Waals surface area contributed by atoms with Crippen LogP contribution in [0.15, 0.2) is 78.9 Å². The minimum Gasteiger partial charge on any atom is -0.346 e. The van der Waals surface area contributed by atoms with Crippen molar-refractivity contribution in [2.75, 3.05) is 5.75 Å². The normalized spacial score (nSPS) is 17.0. The summed E-state index contributed by atoms with van der Waals surface area (Å²) in [5, 5.41) is 3.06. The highest BCUT2D eigenvalue weighted by Gasteiger charge is 2.32. The van der Waals surface area contributed by atoms with Crippen LogP contribution in [0.1, 0.15) is 71.7 Å². The van der Waals surface area contributed by atoms with Crippen LogP contribution in [0.3, 0.4) is 0 Å². The Kier molecular flexibility index (Phi) is 7.13. The predicted octanol–water partition coefficient (Wildman–Crippen LogP) is 6.25. The Bertz CT molecular complexity index is 1140. The summed E-state index contributed by atoms with van der Waals surface area (Å²) in [5.74, 6) is 0.521. The van der Waals surface area contributed by atoms with E-state index in [1.165, 1.54) is 5.56 Å². The van der Waals surface area contributed by atoms with Gasteiger partial charge in [0.15, 0.2) is 0 Å². The summed E-state index contributed by atoms with van der Waals surface area (Å²) in [6.07, 6.45) is 0. The highest BCUT2D eigenvalue weighted by molar-refractivity contribution is 8.00. The van der Waals surface area contributed by atoms with Crippen LogP contribution in [0.4, 0.5) is 0 Å². The van der Waals surface area contributed by atoms with Gasteiger partial charge >= 0.3 is 0 Å². The Hall–Kier alpha value is -3.05. The van der Waals surface area contributed by atoms with Crippen LogP contribution in [0.25, 0.3) is 0 Å². The van der Waals surface area contributed by atoms with Crippen LogP contribution < -0.4 is 5.32 Å². The number of thioether (sulfide) groups is 1. The van der Waals surface area contributed by atoms with E-state index in [0.717, 1.165) is 16.7 Å². The molecule has 0 aliphatic carbocycles. The van der Waals surface area contributed by atoms with Gasteiger partial charge in [-0.05, 0) is 46.7 Å². The van der Waals surface area contributed by atoms with Gasteiger partial charge in [-0.1, -0.05) is 87.5 Å². The molecule has 0 unspecified atom stereocenters. The summed E-state index contributed by atoms with van der Waals surface area (Å²) in [5.41, 5.74) is 5.22. The third-order valence-electron chi connectivity index (χ3n) is 6.25. The zero-order valence-electron chi connectivity index (χ0n) is 20.2. The Morgan fingerprint density at radius 3 is 2.26 bits per heavy atom. The number of hydrogen-bond acceptors (Lipinski definition) is 3. The fourth-order valence-electron chi connectivity index (χ4n) is 4.12. The molecule has 1 fully saturated rings. The lowest BCUT2D eigenvalue weighted by atomic mass is 9.86. The Balaban J connectivity index is 1.41. The molecule has 0 spiro atoms. The molecule has 4 rings (SSSR count). The summed E-state index contributed by atoms with van der Waals surface area (Å²) < 4.78 is 0. The number of hydrogen-bond donors (Lipinski definition) is 1. The number of rotatable bonds is 6. The third-order valence-corrected chi connectivity index (χ3v) is 7.50. The molecule has 4 nitrogen and oxygen atoms in total. The van der Waals surface area contributed by atoms with Crippen LogP contribution in [0, 0.1) is 0 Å². The van der Waals surface area contributed by atoms with Gasteiger partial charge in [-0.3, -0.25) is 9.59 Å². The molecule has 3 aromatic carbocycles. The predicted molar refractivity (Wildman–Crippen MR) is 140 cm³/mol. The molecule has 1 N–H and O–H groups in total. The van der Waals surface area contributed by atoms with Crippen LogP contribution in [-0.2, 0) is 16.8 Å². The topological polar surface area (TPSA) is 49.4 Å². The molecule has 1 aliphatic heterocycles. The van der Waals surface area contributed by atoms with E-state index >= 15 is 0 Å². The average molecular weight is 473 g/mol. The van der Waals surface area contributed by atoms with E-state index in [1.807, 2.05) is 66.4 Å². The first kappa shape index (κ1) is 24.1. The second-order valence-corrected chi connectivity index (χ2v) is 10.9. The van der Waals surface area contributed by atoms with Gasteiger partial charge in [0.2, 0.25) is 5.91 Å². The van der Waals surface area contributed by atoms with Gasteiger partial charge in [0.25, 0.3) is 5.91 Å². The molecule has 5 heteroatoms. The second-order valence-electron chi connectivity index (χ2n) is 9.86. The summed E-state index contributed by atoms with van der Waals surface area (Å²) >= 11 is 1.63. The molecular formula is C29H32N2O2S. The molecule has 3 aromatic rings. The fraction of sp³-hybridized carbons (Fsp3) is 0.310. The van der Waals surface area contributed by atoms with Crippen molar-refractivity contribution in [3.8, 4) is 0 Å². The third kappa shape index (κ3) is 5.53. The molecule has 1 saturated heterocycles. The van der Waals surface area contributed by atoms with Crippen molar-refractivity contribution >= 4 is 23.6 Å². The lowest BCUT2D eigenvalue weighted by Gasteiger charge is -2.24. The number of carbonyl (C=O) groups is 2. The number of carbonyl (C=O) groups excluding carboxylic acids is 2. The van der Waals surface area contributed by atoms with Crippen LogP contribution >= 0.6 is 11.8 Å². The minimum atomic E-state index is -0.102. The molecule has 0 radical (unpaired) electrons. The number of benzene rings is 3. The standard InChI is InChI=1S/C29H32N2O2S/c1-20(22-14-16-25(17-15-22)29(2,3)4)30-27(33)23-10-12-24(13-11-23)28-31(26(32)19-34-28)18-21-8-6-5-7-9-21/h5-17,20,28H,18-19H2,1-4H3,(H,30,33)/t20-,28+/m0/s1. The van der Waals surface area contributed by atoms with Crippen molar-refractivity contribution in [1.29, 1.82) is 0 Å². The number of amides is 2. The van der Waals surface area contributed by atoms with Gasteiger partial charge in [0.1, 0.15) is 5.37 Å². The van der Waals surface area contributed by atoms with E-state index < -0.39 is 0 Å². The molecule has 2 atom stereocenters. The maximum Gasteiger partial charge on any atom is 0.251 e. The van der Waals surface area contributed by atoms with E-state index in [0.29, 0.717) is 17.9 Å². The van der Waals surface area contributed by atoms with Crippen molar-refractivity contribution in [3.63, 3.8) is 0 Å². The summed E-state index contributed by atoms with van der Waals surface area (Å²) in [4.78, 5) is 27.3. The zero-order chi connectivity index (χ0) is 24.3. The van der Waals surface area contributed by atoms with Crippen LogP contribution in [0.2, 0.25) is 0 Å². The quantitative estimate of drug-likeness (QED) is 0.461. The van der Waals surface area contributed by atoms with Crippen molar-refractivity contribution in [2.45, 2.75) is 51.1 Å². The van der Waals surface area contributed by atoms with Gasteiger partial charge in [-0.25, -0.2) is 0 Å². The van der Waals surface area contributed by atoms with Gasteiger partial charge in [-0.2, -0.15) is 0 Å². The van der Waals surface area contributed by atoms with Crippen molar-refractivity contribution < 1.29 is 9.59 Å². The lowest BCUT2D eigenvalue weighted by molar-refractivity contribution is -0.128. The Morgan fingerprint density at radius 1 is 1.00 bits per heavy atom. The monoisotopic (exact) mass is 472 g/mol. The second kappa shape index (κ2) is 10.1. The molecule has 0 aromatic heterocycles. The van der Waals surface area contributed by atoms with Gasteiger partial charge in [0, 0.05) is 12.1 Å². The van der Waals surface area contributed by atoms with Crippen LogP contribution in [0.5, 0.6) is 0 Å². The molecule has 0 bridgehead atoms. The van der Waals surface area contributed by atoms with Gasteiger partial charge in [-0.15, -0.1) is 11.8 Å². The van der Waals surface area contributed by atoms with Crippen molar-refractivity contribution in [1.82, 2.24) is 10.2 Å². The maximum absolute atomic E-state index is 12.9. The average Bonchev–Trinajstić information content (AvgIpc) is 3.19. The first-order chi connectivity index (χ1) is 16.2. The molecule has 2 amide bonds. The maximum atomic E-state index is 12.9. The first-order valence-corrected chi connectivity index (χ1v) is 12.7. The minimum absolute atomic E-state index is 0.0370. The first-order valence-electron chi connectivity index (χ1n) is 11.7. The van der Waals surface area contributed by atoms with E-state index in [9.17, 15) is 9.59 Å². The van der Waals surface area contributed by atoms with E-state index in [4.69, 9.17) is 0 Å². The molecule has 34 heavy (non-hydrogen) atoms. The molecular weight excluding hydrogens is 440 g/mol. The van der Waals surface area contributed by atoms with E-state index in [2.05, 4.69) is 50.4 Å². The van der Waals surface area contributed by atoms with Crippen molar-refractivity contribution in [3.05, 3.63) is 107 Å². The summed E-state index contributed by atoms with van der Waals surface area (Å²) in [7, 11) is 0. The van der Waals surface area contributed by atoms with Crippen LogP contribution in [-0.4, -0.2) is 22.5 Å². The van der Waals surface area contributed by atoms with Gasteiger partial charge < -0.3 is 10.2 Å². The smallest absolute Gasteiger partial charge is 0.251 e. The molecule has 176 valence electrons. The number of nitrogens with zero attached hydrogens (tertiary/aromatic N) is 1. The molecule has 0 saturated carbocycles. The van der Waals surface area contributed by atoms with E-state index in [-0.39, 0.29) is 28.6 Å². The summed E-state index contributed by atoms with van der Waals surface area (Å²) in [6, 6.07) is 26.0. The highest BCUT2D eigenvalue weighted by Crippen LogP contribution is 2.39. The Morgan fingerprint density at radius 2 is 1.65 bits per heavy atom. The Labute approximate surface area is 206 Å². The van der Waals surface area contributed by atoms with E-state index in [1.54, 1.807) is 11.8 Å². The fourth-order valence-corrected chi connectivity index (χ4v) is 5.30. The highest BCUT2D eigenvalue weighted by atomic mass is 32.2. The van der Waals surface area contributed by atoms with Crippen molar-refractivity contribution in [2.24, 2.45) is 0 Å². The SMILES string of the molecule is C[C@H](NC(=O)c1ccc([C@H]2SCC(=O)N2Cc2ccccc2)cc1)c1ccc(C(C)(C)C)cc1. The number of nitrogens with one attached hydrogen (secondary N) is 1. The lowest BCUT2D eigenvalue weighted by Crippen LogP contribution is -2.28. The van der Waals surface area contributed by atoms with Gasteiger partial charge in [0.05, 0.1) is 11.8 Å². The molecule has 1 aliphatic rings.